The minimum Gasteiger partial charge on any atom is -0.396 e. The Labute approximate surface area is 140 Å². The van der Waals surface area contributed by atoms with E-state index in [4.69, 9.17) is 10.8 Å². The van der Waals surface area contributed by atoms with E-state index in [1.165, 1.54) is 6.42 Å². The minimum absolute atomic E-state index is 0.273. The van der Waals surface area contributed by atoms with Crippen LogP contribution in [-0.4, -0.2) is 42.4 Å². The Hall–Kier alpha value is -1.41. The van der Waals surface area contributed by atoms with Crippen molar-refractivity contribution >= 4 is 28.7 Å². The molecule has 2 atom stereocenters. The number of rotatable bonds is 7. The van der Waals surface area contributed by atoms with Crippen molar-refractivity contribution in [1.82, 2.24) is 25.0 Å². The molecule has 0 aromatic carbocycles. The van der Waals surface area contributed by atoms with E-state index in [0.29, 0.717) is 28.5 Å². The van der Waals surface area contributed by atoms with Crippen molar-refractivity contribution in [3.05, 3.63) is 0 Å². The molecule has 0 aliphatic heterocycles. The fourth-order valence-electron chi connectivity index (χ4n) is 3.25. The zero-order chi connectivity index (χ0) is 16.2. The maximum atomic E-state index is 8.99. The SMILES string of the molecule is CCCSc1nc(N)c2nnn(C3CCC(CCCO)C3)c2n1. The van der Waals surface area contributed by atoms with Crippen LogP contribution in [-0.2, 0) is 0 Å². The predicted octanol–water partition coefficient (Wildman–Crippen LogP) is 2.42. The van der Waals surface area contributed by atoms with Crippen molar-refractivity contribution < 1.29 is 5.11 Å². The van der Waals surface area contributed by atoms with Crippen LogP contribution in [0.1, 0.15) is 51.5 Å². The van der Waals surface area contributed by atoms with E-state index < -0.39 is 0 Å². The van der Waals surface area contributed by atoms with Crippen molar-refractivity contribution in [2.75, 3.05) is 18.1 Å². The standard InChI is InChI=1S/C15H24N6OS/c1-2-8-23-15-17-13(16)12-14(18-15)21(20-19-12)11-6-5-10(9-11)4-3-7-22/h10-11,22H,2-9H2,1H3,(H2,16,17,18). The third kappa shape index (κ3) is 3.58. The second-order valence-electron chi connectivity index (χ2n) is 6.14. The van der Waals surface area contributed by atoms with Gasteiger partial charge in [-0.05, 0) is 44.4 Å². The number of nitrogen functional groups attached to an aromatic ring is 1. The highest BCUT2D eigenvalue weighted by atomic mass is 32.2. The highest BCUT2D eigenvalue weighted by Gasteiger charge is 2.28. The van der Waals surface area contributed by atoms with Gasteiger partial charge in [-0.3, -0.25) is 0 Å². The Morgan fingerprint density at radius 2 is 2.22 bits per heavy atom. The minimum atomic E-state index is 0.273. The summed E-state index contributed by atoms with van der Waals surface area (Å²) in [4.78, 5) is 8.96. The van der Waals surface area contributed by atoms with E-state index in [-0.39, 0.29) is 6.61 Å². The van der Waals surface area contributed by atoms with Crippen LogP contribution in [0.2, 0.25) is 0 Å². The van der Waals surface area contributed by atoms with Gasteiger partial charge in [-0.15, -0.1) is 5.10 Å². The van der Waals surface area contributed by atoms with Gasteiger partial charge >= 0.3 is 0 Å². The van der Waals surface area contributed by atoms with Crippen LogP contribution in [0.4, 0.5) is 5.82 Å². The van der Waals surface area contributed by atoms with Crippen LogP contribution in [0.3, 0.4) is 0 Å². The van der Waals surface area contributed by atoms with Crippen LogP contribution in [0.5, 0.6) is 0 Å². The number of fused-ring (bicyclic) bond motifs is 1. The lowest BCUT2D eigenvalue weighted by molar-refractivity contribution is 0.270. The molecule has 2 aromatic rings. The number of anilines is 1. The first-order chi connectivity index (χ1) is 11.2. The molecule has 3 rings (SSSR count). The average Bonchev–Trinajstić information content (AvgIpc) is 3.17. The summed E-state index contributed by atoms with van der Waals surface area (Å²) in [6, 6.07) is 0.321. The lowest BCUT2D eigenvalue weighted by Gasteiger charge is -2.12. The first kappa shape index (κ1) is 16.4. The van der Waals surface area contributed by atoms with Gasteiger partial charge in [0.1, 0.15) is 0 Å². The summed E-state index contributed by atoms with van der Waals surface area (Å²) in [6.45, 7) is 2.40. The van der Waals surface area contributed by atoms with Gasteiger partial charge in [-0.1, -0.05) is 23.9 Å². The molecule has 2 heterocycles. The molecule has 23 heavy (non-hydrogen) atoms. The molecule has 1 fully saturated rings. The quantitative estimate of drug-likeness (QED) is 0.591. The van der Waals surface area contributed by atoms with Gasteiger partial charge in [-0.25, -0.2) is 14.6 Å². The molecule has 3 N–H and O–H groups in total. The lowest BCUT2D eigenvalue weighted by atomic mass is 10.0. The first-order valence-corrected chi connectivity index (χ1v) is 9.33. The van der Waals surface area contributed by atoms with Gasteiger partial charge in [-0.2, -0.15) is 0 Å². The van der Waals surface area contributed by atoms with Crippen molar-refractivity contribution in [2.24, 2.45) is 5.92 Å². The van der Waals surface area contributed by atoms with Crippen molar-refractivity contribution in [2.45, 2.75) is 56.6 Å². The van der Waals surface area contributed by atoms with E-state index in [1.807, 2.05) is 4.68 Å². The Morgan fingerprint density at radius 1 is 1.35 bits per heavy atom. The van der Waals surface area contributed by atoms with Crippen LogP contribution < -0.4 is 5.73 Å². The third-order valence-corrected chi connectivity index (χ3v) is 5.45. The van der Waals surface area contributed by atoms with Crippen molar-refractivity contribution in [1.29, 1.82) is 0 Å². The Bertz CT molecular complexity index is 661. The summed E-state index contributed by atoms with van der Waals surface area (Å²) in [7, 11) is 0. The number of nitrogens with zero attached hydrogens (tertiary/aromatic N) is 5. The fourth-order valence-corrected chi connectivity index (χ4v) is 3.95. The molecule has 0 saturated heterocycles. The van der Waals surface area contributed by atoms with Crippen LogP contribution in [0.15, 0.2) is 5.16 Å². The first-order valence-electron chi connectivity index (χ1n) is 8.35. The summed E-state index contributed by atoms with van der Waals surface area (Å²) in [6.07, 6.45) is 6.34. The largest absolute Gasteiger partial charge is 0.396 e. The maximum absolute atomic E-state index is 8.99. The summed E-state index contributed by atoms with van der Waals surface area (Å²) < 4.78 is 1.93. The van der Waals surface area contributed by atoms with E-state index >= 15 is 0 Å². The summed E-state index contributed by atoms with van der Waals surface area (Å²) in [5.41, 5.74) is 7.38. The topological polar surface area (TPSA) is 103 Å². The molecular weight excluding hydrogens is 312 g/mol. The van der Waals surface area contributed by atoms with Gasteiger partial charge < -0.3 is 10.8 Å². The van der Waals surface area contributed by atoms with Gasteiger partial charge in [0, 0.05) is 12.4 Å². The molecule has 0 radical (unpaired) electrons. The Morgan fingerprint density at radius 3 is 3.00 bits per heavy atom. The highest BCUT2D eigenvalue weighted by molar-refractivity contribution is 7.99. The number of hydrogen-bond acceptors (Lipinski definition) is 7. The van der Waals surface area contributed by atoms with Gasteiger partial charge in [0.25, 0.3) is 0 Å². The van der Waals surface area contributed by atoms with Crippen LogP contribution in [0, 0.1) is 5.92 Å². The zero-order valence-electron chi connectivity index (χ0n) is 13.5. The molecule has 0 amide bonds. The van der Waals surface area contributed by atoms with Crippen LogP contribution >= 0.6 is 11.8 Å². The number of nitrogens with two attached hydrogens (primary N) is 1. The normalized spacial score (nSPS) is 21.3. The monoisotopic (exact) mass is 336 g/mol. The van der Waals surface area contributed by atoms with Gasteiger partial charge in [0.15, 0.2) is 22.1 Å². The van der Waals surface area contributed by atoms with E-state index in [9.17, 15) is 0 Å². The third-order valence-electron chi connectivity index (χ3n) is 4.40. The number of thioether (sulfide) groups is 1. The van der Waals surface area contributed by atoms with E-state index in [0.717, 1.165) is 43.5 Å². The smallest absolute Gasteiger partial charge is 0.191 e. The molecular formula is C15H24N6OS. The van der Waals surface area contributed by atoms with E-state index in [2.05, 4.69) is 27.2 Å². The molecule has 126 valence electrons. The second kappa shape index (κ2) is 7.44. The number of aromatic nitrogens is 5. The number of hydrogen-bond donors (Lipinski definition) is 2. The van der Waals surface area contributed by atoms with Gasteiger partial charge in [0.05, 0.1) is 6.04 Å². The fraction of sp³-hybridized carbons (Fsp3) is 0.733. The maximum Gasteiger partial charge on any atom is 0.191 e. The predicted molar refractivity (Wildman–Crippen MR) is 91.2 cm³/mol. The highest BCUT2D eigenvalue weighted by Crippen LogP contribution is 2.38. The molecule has 1 aliphatic carbocycles. The summed E-state index contributed by atoms with van der Waals surface area (Å²) in [5, 5.41) is 18.2. The molecule has 1 saturated carbocycles. The summed E-state index contributed by atoms with van der Waals surface area (Å²) >= 11 is 1.62. The van der Waals surface area contributed by atoms with Crippen molar-refractivity contribution in [3.63, 3.8) is 0 Å². The lowest BCUT2D eigenvalue weighted by Crippen LogP contribution is -2.09. The van der Waals surface area contributed by atoms with Crippen molar-refractivity contribution in [3.8, 4) is 0 Å². The second-order valence-corrected chi connectivity index (χ2v) is 7.21. The summed E-state index contributed by atoms with van der Waals surface area (Å²) in [5.74, 6) is 2.04. The molecule has 2 unspecified atom stereocenters. The van der Waals surface area contributed by atoms with E-state index in [1.54, 1.807) is 11.8 Å². The number of aliphatic hydroxyl groups is 1. The molecule has 1 aliphatic rings. The molecule has 0 bridgehead atoms. The molecule has 2 aromatic heterocycles. The van der Waals surface area contributed by atoms with Crippen LogP contribution in [0.25, 0.3) is 11.2 Å². The van der Waals surface area contributed by atoms with Gasteiger partial charge in [0.2, 0.25) is 0 Å². The average molecular weight is 336 g/mol. The zero-order valence-corrected chi connectivity index (χ0v) is 14.3. The molecule has 8 heteroatoms. The molecule has 7 nitrogen and oxygen atoms in total. The number of aliphatic hydroxyl groups excluding tert-OH is 1. The molecule has 0 spiro atoms. The Balaban J connectivity index is 1.82. The Kier molecular flexibility index (Phi) is 5.32.